The summed E-state index contributed by atoms with van der Waals surface area (Å²) in [5.74, 6) is -1.54. The zero-order valence-electron chi connectivity index (χ0n) is 11.4. The molecule has 0 unspecified atom stereocenters. The molecule has 0 saturated carbocycles. The maximum atomic E-state index is 11.9. The number of Topliss-reactive ketones (excluding diaryl/α,β-unsaturated/α-hetero) is 3. The molecule has 1 heterocycles. The van der Waals surface area contributed by atoms with Gasteiger partial charge in [-0.1, -0.05) is 23.7 Å². The van der Waals surface area contributed by atoms with E-state index in [-0.39, 0.29) is 12.2 Å². The molecule has 0 fully saturated rings. The topological polar surface area (TPSA) is 51.2 Å². The fraction of sp³-hybridized carbons (Fsp3) is 0.188. The third-order valence-electron chi connectivity index (χ3n) is 2.92. The van der Waals surface area contributed by atoms with Crippen molar-refractivity contribution in [1.29, 1.82) is 0 Å². The summed E-state index contributed by atoms with van der Waals surface area (Å²) in [5.41, 5.74) is 1.06. The van der Waals surface area contributed by atoms with Gasteiger partial charge in [0.25, 0.3) is 0 Å². The number of thiophene rings is 1. The summed E-state index contributed by atoms with van der Waals surface area (Å²) in [4.78, 5) is 35.6. The molecule has 5 heteroatoms. The van der Waals surface area contributed by atoms with Crippen LogP contribution in [0.4, 0.5) is 0 Å². The molecule has 0 bridgehead atoms. The maximum Gasteiger partial charge on any atom is 0.205 e. The van der Waals surface area contributed by atoms with Crippen LogP contribution in [0.3, 0.4) is 0 Å². The smallest absolute Gasteiger partial charge is 0.205 e. The van der Waals surface area contributed by atoms with Gasteiger partial charge >= 0.3 is 0 Å². The Bertz CT molecular complexity index is 703. The molecular weight excluding hydrogens is 308 g/mol. The van der Waals surface area contributed by atoms with E-state index in [9.17, 15) is 14.4 Å². The first-order chi connectivity index (χ1) is 9.95. The van der Waals surface area contributed by atoms with E-state index in [1.54, 1.807) is 6.07 Å². The first-order valence-corrected chi connectivity index (χ1v) is 7.55. The molecule has 0 amide bonds. The van der Waals surface area contributed by atoms with Crippen molar-refractivity contribution in [2.75, 3.05) is 0 Å². The third kappa shape index (κ3) is 4.34. The second-order valence-electron chi connectivity index (χ2n) is 4.65. The van der Waals surface area contributed by atoms with Crippen LogP contribution in [0.5, 0.6) is 0 Å². The first-order valence-electron chi connectivity index (χ1n) is 6.36. The Labute approximate surface area is 131 Å². The monoisotopic (exact) mass is 320 g/mol. The van der Waals surface area contributed by atoms with E-state index >= 15 is 0 Å². The third-order valence-corrected chi connectivity index (χ3v) is 4.28. The summed E-state index contributed by atoms with van der Waals surface area (Å²) in [6.07, 6.45) is 0.325. The van der Waals surface area contributed by atoms with Crippen molar-refractivity contribution in [3.8, 4) is 0 Å². The van der Waals surface area contributed by atoms with Gasteiger partial charge in [0.2, 0.25) is 5.78 Å². The van der Waals surface area contributed by atoms with Gasteiger partial charge < -0.3 is 0 Å². The number of ketones is 3. The van der Waals surface area contributed by atoms with Crippen LogP contribution in [-0.4, -0.2) is 17.3 Å². The summed E-state index contributed by atoms with van der Waals surface area (Å²) < 4.78 is 0. The summed E-state index contributed by atoms with van der Waals surface area (Å²) >= 11 is 7.27. The highest BCUT2D eigenvalue weighted by atomic mass is 35.5. The lowest BCUT2D eigenvalue weighted by Gasteiger charge is -1.99. The minimum atomic E-state index is -0.648. The Balaban J connectivity index is 2.06. The van der Waals surface area contributed by atoms with Gasteiger partial charge in [-0.2, -0.15) is 0 Å². The predicted octanol–water partition coefficient (Wildman–Crippen LogP) is 3.72. The van der Waals surface area contributed by atoms with Crippen molar-refractivity contribution in [3.05, 3.63) is 56.7 Å². The van der Waals surface area contributed by atoms with Gasteiger partial charge in [0.15, 0.2) is 11.6 Å². The second kappa shape index (κ2) is 6.78. The molecule has 1 aromatic heterocycles. The lowest BCUT2D eigenvalue weighted by atomic mass is 10.1. The average Bonchev–Trinajstić information content (AvgIpc) is 2.87. The molecule has 0 aliphatic rings. The molecule has 108 valence electrons. The molecule has 0 N–H and O–H groups in total. The van der Waals surface area contributed by atoms with E-state index < -0.39 is 11.6 Å². The highest BCUT2D eigenvalue weighted by Crippen LogP contribution is 2.22. The van der Waals surface area contributed by atoms with Gasteiger partial charge in [-0.3, -0.25) is 14.4 Å². The van der Waals surface area contributed by atoms with Crippen molar-refractivity contribution in [1.82, 2.24) is 0 Å². The first kappa shape index (κ1) is 15.6. The molecule has 1 aromatic carbocycles. The van der Waals surface area contributed by atoms with E-state index in [1.807, 2.05) is 30.3 Å². The Morgan fingerprint density at radius 3 is 2.57 bits per heavy atom. The average molecular weight is 321 g/mol. The van der Waals surface area contributed by atoms with Crippen LogP contribution in [0.25, 0.3) is 0 Å². The highest BCUT2D eigenvalue weighted by molar-refractivity contribution is 7.14. The molecule has 0 saturated heterocycles. The number of carbonyl (C=O) groups is 3. The maximum absolute atomic E-state index is 11.9. The zero-order chi connectivity index (χ0) is 15.4. The predicted molar refractivity (Wildman–Crippen MR) is 83.2 cm³/mol. The van der Waals surface area contributed by atoms with Crippen molar-refractivity contribution >= 4 is 40.3 Å². The molecule has 0 radical (unpaired) electrons. The molecule has 0 aliphatic heterocycles. The Morgan fingerprint density at radius 1 is 1.14 bits per heavy atom. The Morgan fingerprint density at radius 2 is 1.90 bits per heavy atom. The van der Waals surface area contributed by atoms with E-state index in [0.29, 0.717) is 16.3 Å². The highest BCUT2D eigenvalue weighted by Gasteiger charge is 2.17. The number of benzene rings is 1. The Kier molecular flexibility index (Phi) is 5.04. The van der Waals surface area contributed by atoms with Crippen molar-refractivity contribution in [2.24, 2.45) is 0 Å². The minimum absolute atomic E-state index is 0.308. The van der Waals surface area contributed by atoms with Crippen LogP contribution >= 0.6 is 22.9 Å². The van der Waals surface area contributed by atoms with Crippen molar-refractivity contribution in [3.63, 3.8) is 0 Å². The van der Waals surface area contributed by atoms with E-state index in [0.717, 1.165) is 10.4 Å². The van der Waals surface area contributed by atoms with Gasteiger partial charge in [-0.25, -0.2) is 0 Å². The molecule has 0 aliphatic carbocycles. The number of hydrogen-bond acceptors (Lipinski definition) is 4. The number of hydrogen-bond donors (Lipinski definition) is 0. The summed E-state index contributed by atoms with van der Waals surface area (Å²) in [7, 11) is 0. The molecular formula is C16H13ClO3S. The standard InChI is InChI=1S/C16H13ClO3S/c1-10(18)14(19)9-15(20)16-6-5-13(21-16)8-11-3-2-4-12(17)7-11/h2-7H,8-9H2,1H3. The summed E-state index contributed by atoms with van der Waals surface area (Å²) in [6.45, 7) is 1.18. The van der Waals surface area contributed by atoms with E-state index in [2.05, 4.69) is 0 Å². The van der Waals surface area contributed by atoms with Crippen LogP contribution in [0.1, 0.15) is 33.5 Å². The largest absolute Gasteiger partial charge is 0.293 e. The molecule has 0 spiro atoms. The van der Waals surface area contributed by atoms with Gasteiger partial charge in [0.05, 0.1) is 11.3 Å². The SMILES string of the molecule is CC(=O)C(=O)CC(=O)c1ccc(Cc2cccc(Cl)c2)s1. The van der Waals surface area contributed by atoms with Crippen LogP contribution < -0.4 is 0 Å². The molecule has 3 nitrogen and oxygen atoms in total. The quantitative estimate of drug-likeness (QED) is 0.463. The van der Waals surface area contributed by atoms with E-state index in [1.165, 1.54) is 18.3 Å². The lowest BCUT2D eigenvalue weighted by Crippen LogP contribution is -2.14. The van der Waals surface area contributed by atoms with Crippen LogP contribution in [0.2, 0.25) is 5.02 Å². The molecule has 0 atom stereocenters. The summed E-state index contributed by atoms with van der Waals surface area (Å²) in [6, 6.07) is 11.1. The minimum Gasteiger partial charge on any atom is -0.293 e. The van der Waals surface area contributed by atoms with Gasteiger partial charge in [-0.15, -0.1) is 11.3 Å². The van der Waals surface area contributed by atoms with Crippen LogP contribution in [0.15, 0.2) is 36.4 Å². The molecule has 21 heavy (non-hydrogen) atoms. The van der Waals surface area contributed by atoms with Crippen LogP contribution in [-0.2, 0) is 16.0 Å². The lowest BCUT2D eigenvalue weighted by molar-refractivity contribution is -0.134. The number of rotatable bonds is 6. The number of halogens is 1. The van der Waals surface area contributed by atoms with Crippen LogP contribution in [0, 0.1) is 0 Å². The Hall–Kier alpha value is -1.78. The van der Waals surface area contributed by atoms with Crippen molar-refractivity contribution < 1.29 is 14.4 Å². The zero-order valence-corrected chi connectivity index (χ0v) is 13.0. The van der Waals surface area contributed by atoms with Gasteiger partial charge in [-0.05, 0) is 29.8 Å². The molecule has 2 aromatic rings. The fourth-order valence-electron chi connectivity index (χ4n) is 1.83. The molecule has 2 rings (SSSR count). The van der Waals surface area contributed by atoms with Gasteiger partial charge in [0, 0.05) is 23.2 Å². The van der Waals surface area contributed by atoms with Gasteiger partial charge in [0.1, 0.15) is 0 Å². The normalized spacial score (nSPS) is 10.4. The second-order valence-corrected chi connectivity index (χ2v) is 6.26. The van der Waals surface area contributed by atoms with Crippen molar-refractivity contribution in [2.45, 2.75) is 19.8 Å². The van der Waals surface area contributed by atoms with E-state index in [4.69, 9.17) is 11.6 Å². The number of carbonyl (C=O) groups excluding carboxylic acids is 3. The fourth-order valence-corrected chi connectivity index (χ4v) is 3.02. The summed E-state index contributed by atoms with van der Waals surface area (Å²) in [5, 5.41) is 0.674.